The molecule has 0 radical (unpaired) electrons. The quantitative estimate of drug-likeness (QED) is 0.339. The molecule has 214 valence electrons. The summed E-state index contributed by atoms with van der Waals surface area (Å²) in [5.41, 5.74) is 3.10. The Morgan fingerprint density at radius 2 is 1.40 bits per heavy atom. The van der Waals surface area contributed by atoms with Crippen LogP contribution in [0.5, 0.6) is 0 Å². The Bertz CT molecular complexity index is 1350. The summed E-state index contributed by atoms with van der Waals surface area (Å²) in [6.07, 6.45) is 2.14. The molecule has 0 saturated carbocycles. The molecule has 3 aromatic rings. The zero-order chi connectivity index (χ0) is 29.3. The molecule has 0 heterocycles. The maximum absolute atomic E-state index is 14.1. The minimum Gasteiger partial charge on any atom is -0.354 e. The molecule has 3 aromatic carbocycles. The van der Waals surface area contributed by atoms with E-state index in [1.54, 1.807) is 12.1 Å². The zero-order valence-electron chi connectivity index (χ0n) is 24.1. The molecule has 0 aliphatic carbocycles. The molecule has 7 nitrogen and oxygen atoms in total. The van der Waals surface area contributed by atoms with Gasteiger partial charge in [-0.1, -0.05) is 100 Å². The van der Waals surface area contributed by atoms with E-state index < -0.39 is 28.5 Å². The fraction of sp³-hybridized carbons (Fsp3) is 0.375. The smallest absolute Gasteiger partial charge is 0.244 e. The van der Waals surface area contributed by atoms with Crippen molar-refractivity contribution in [2.45, 2.75) is 58.5 Å². The second-order valence-electron chi connectivity index (χ2n) is 11.1. The van der Waals surface area contributed by atoms with E-state index in [1.165, 1.54) is 4.90 Å². The van der Waals surface area contributed by atoms with Gasteiger partial charge in [0.1, 0.15) is 12.6 Å². The Labute approximate surface area is 239 Å². The molecular formula is C32H41N3O4S. The molecular weight excluding hydrogens is 522 g/mol. The number of sulfonamides is 1. The predicted molar refractivity (Wildman–Crippen MR) is 162 cm³/mol. The molecule has 0 aliphatic heterocycles. The number of nitrogens with zero attached hydrogens (tertiary/aromatic N) is 2. The third-order valence-corrected chi connectivity index (χ3v) is 7.86. The van der Waals surface area contributed by atoms with Crippen LogP contribution in [0, 0.1) is 0 Å². The Morgan fingerprint density at radius 1 is 0.850 bits per heavy atom. The summed E-state index contributed by atoms with van der Waals surface area (Å²) in [6.45, 7) is 8.43. The van der Waals surface area contributed by atoms with E-state index in [2.05, 4.69) is 26.1 Å². The monoisotopic (exact) mass is 563 g/mol. The van der Waals surface area contributed by atoms with Gasteiger partial charge in [-0.05, 0) is 40.7 Å². The molecule has 40 heavy (non-hydrogen) atoms. The third-order valence-electron chi connectivity index (χ3n) is 6.72. The highest BCUT2D eigenvalue weighted by atomic mass is 32.2. The van der Waals surface area contributed by atoms with Gasteiger partial charge in [0.05, 0.1) is 11.9 Å². The van der Waals surface area contributed by atoms with Crippen LogP contribution in [-0.4, -0.2) is 50.5 Å². The molecule has 0 bridgehead atoms. The van der Waals surface area contributed by atoms with Gasteiger partial charge in [0.25, 0.3) is 0 Å². The number of rotatable bonds is 12. The highest BCUT2D eigenvalue weighted by Crippen LogP contribution is 2.26. The molecule has 1 N–H and O–H groups in total. The lowest BCUT2D eigenvalue weighted by Crippen LogP contribution is -2.53. The summed E-state index contributed by atoms with van der Waals surface area (Å²) >= 11 is 0. The number of hydrogen-bond acceptors (Lipinski definition) is 4. The Morgan fingerprint density at radius 3 is 1.90 bits per heavy atom. The van der Waals surface area contributed by atoms with Crippen LogP contribution >= 0.6 is 0 Å². The van der Waals surface area contributed by atoms with Gasteiger partial charge in [0, 0.05) is 19.5 Å². The van der Waals surface area contributed by atoms with Crippen LogP contribution < -0.4 is 9.62 Å². The zero-order valence-corrected chi connectivity index (χ0v) is 24.9. The van der Waals surface area contributed by atoms with Crippen molar-refractivity contribution in [3.8, 4) is 0 Å². The van der Waals surface area contributed by atoms with Crippen LogP contribution in [0.1, 0.15) is 50.8 Å². The largest absolute Gasteiger partial charge is 0.354 e. The van der Waals surface area contributed by atoms with Crippen LogP contribution in [-0.2, 0) is 38.0 Å². The van der Waals surface area contributed by atoms with Gasteiger partial charge >= 0.3 is 0 Å². The lowest BCUT2D eigenvalue weighted by atomic mass is 9.87. The first-order valence-corrected chi connectivity index (χ1v) is 15.5. The number of benzene rings is 3. The molecule has 0 aliphatic rings. The highest BCUT2D eigenvalue weighted by Gasteiger charge is 2.33. The Kier molecular flexibility index (Phi) is 10.5. The van der Waals surface area contributed by atoms with Crippen molar-refractivity contribution >= 4 is 27.5 Å². The second-order valence-corrected chi connectivity index (χ2v) is 13.0. The average Bonchev–Trinajstić information content (AvgIpc) is 2.92. The SMILES string of the molecule is CCCNC(=O)[C@H](Cc1ccccc1)N(Cc1ccccc1)C(=O)CN(c1ccc(C(C)(C)C)cc1)S(C)(=O)=O. The minimum absolute atomic E-state index is 0.104. The van der Waals surface area contributed by atoms with E-state index in [0.29, 0.717) is 18.7 Å². The summed E-state index contributed by atoms with van der Waals surface area (Å²) in [7, 11) is -3.80. The van der Waals surface area contributed by atoms with Crippen LogP contribution in [0.25, 0.3) is 0 Å². The maximum atomic E-state index is 14.1. The normalized spacial score (nSPS) is 12.4. The molecule has 0 saturated heterocycles. The van der Waals surface area contributed by atoms with Gasteiger partial charge in [-0.3, -0.25) is 13.9 Å². The van der Waals surface area contributed by atoms with Crippen LogP contribution in [0.4, 0.5) is 5.69 Å². The highest BCUT2D eigenvalue weighted by molar-refractivity contribution is 7.92. The maximum Gasteiger partial charge on any atom is 0.244 e. The first kappa shape index (κ1) is 30.9. The average molecular weight is 564 g/mol. The van der Waals surface area contributed by atoms with Crippen molar-refractivity contribution in [2.24, 2.45) is 0 Å². The van der Waals surface area contributed by atoms with Crippen molar-refractivity contribution in [1.29, 1.82) is 0 Å². The van der Waals surface area contributed by atoms with Gasteiger partial charge < -0.3 is 10.2 Å². The first-order valence-electron chi connectivity index (χ1n) is 13.6. The van der Waals surface area contributed by atoms with Crippen LogP contribution in [0.2, 0.25) is 0 Å². The lowest BCUT2D eigenvalue weighted by molar-refractivity contribution is -0.140. The number of carbonyl (C=O) groups excluding carboxylic acids is 2. The Balaban J connectivity index is 2.01. The summed E-state index contributed by atoms with van der Waals surface area (Å²) in [4.78, 5) is 29.1. The van der Waals surface area contributed by atoms with E-state index in [0.717, 1.165) is 33.7 Å². The van der Waals surface area contributed by atoms with E-state index in [4.69, 9.17) is 0 Å². The number of anilines is 1. The summed E-state index contributed by atoms with van der Waals surface area (Å²) < 4.78 is 27.0. The van der Waals surface area contributed by atoms with Crippen molar-refractivity contribution < 1.29 is 18.0 Å². The summed E-state index contributed by atoms with van der Waals surface area (Å²) in [6, 6.07) is 25.4. The lowest BCUT2D eigenvalue weighted by Gasteiger charge is -2.33. The van der Waals surface area contributed by atoms with E-state index in [1.807, 2.05) is 79.7 Å². The van der Waals surface area contributed by atoms with Crippen molar-refractivity contribution in [3.05, 3.63) is 102 Å². The fourth-order valence-corrected chi connectivity index (χ4v) is 5.29. The standard InChI is InChI=1S/C32H41N3O4S/c1-6-21-33-31(37)29(22-25-13-9-7-10-14-25)34(23-26-15-11-8-12-16-26)30(36)24-35(40(5,38)39)28-19-17-27(18-20-28)32(2,3)4/h7-20,29H,6,21-24H2,1-5H3,(H,33,37)/t29-/m0/s1. The van der Waals surface area contributed by atoms with Gasteiger partial charge in [-0.15, -0.1) is 0 Å². The van der Waals surface area contributed by atoms with E-state index >= 15 is 0 Å². The van der Waals surface area contributed by atoms with Crippen molar-refractivity contribution in [3.63, 3.8) is 0 Å². The molecule has 0 aromatic heterocycles. The van der Waals surface area contributed by atoms with Gasteiger partial charge in [-0.2, -0.15) is 0 Å². The first-order chi connectivity index (χ1) is 18.9. The molecule has 0 fully saturated rings. The van der Waals surface area contributed by atoms with E-state index in [9.17, 15) is 18.0 Å². The van der Waals surface area contributed by atoms with E-state index in [-0.39, 0.29) is 17.9 Å². The third kappa shape index (κ3) is 8.68. The molecule has 3 rings (SSSR count). The van der Waals surface area contributed by atoms with Gasteiger partial charge in [0.2, 0.25) is 21.8 Å². The number of nitrogens with one attached hydrogen (secondary N) is 1. The second kappa shape index (κ2) is 13.6. The van der Waals surface area contributed by atoms with Crippen LogP contribution in [0.3, 0.4) is 0 Å². The molecule has 1 atom stereocenters. The number of amides is 2. The van der Waals surface area contributed by atoms with Crippen molar-refractivity contribution in [1.82, 2.24) is 10.2 Å². The summed E-state index contributed by atoms with van der Waals surface area (Å²) in [5.74, 6) is -0.725. The molecule has 0 spiro atoms. The number of carbonyl (C=O) groups is 2. The molecule has 2 amide bonds. The predicted octanol–water partition coefficient (Wildman–Crippen LogP) is 4.92. The van der Waals surface area contributed by atoms with Crippen LogP contribution in [0.15, 0.2) is 84.9 Å². The number of hydrogen-bond donors (Lipinski definition) is 1. The molecule has 0 unspecified atom stereocenters. The van der Waals surface area contributed by atoms with Gasteiger partial charge in [0.15, 0.2) is 0 Å². The minimum atomic E-state index is -3.80. The topological polar surface area (TPSA) is 86.8 Å². The summed E-state index contributed by atoms with van der Waals surface area (Å²) in [5, 5.41) is 2.94. The van der Waals surface area contributed by atoms with Gasteiger partial charge in [-0.25, -0.2) is 8.42 Å². The Hall–Kier alpha value is -3.65. The molecule has 8 heteroatoms. The van der Waals surface area contributed by atoms with Crippen molar-refractivity contribution in [2.75, 3.05) is 23.7 Å². The fourth-order valence-electron chi connectivity index (χ4n) is 4.44.